The average molecular weight is 246 g/mol. The van der Waals surface area contributed by atoms with E-state index in [0.29, 0.717) is 22.5 Å². The molecule has 0 spiro atoms. The number of hydrogen-bond acceptors (Lipinski definition) is 4. The first-order valence-corrected chi connectivity index (χ1v) is 5.63. The molecule has 0 fully saturated rings. The summed E-state index contributed by atoms with van der Waals surface area (Å²) in [4.78, 5) is 22.9. The van der Waals surface area contributed by atoms with Gasteiger partial charge in [-0.3, -0.25) is 9.59 Å². The van der Waals surface area contributed by atoms with Crippen LogP contribution in [0.3, 0.4) is 0 Å². The molecule has 94 valence electrons. The van der Waals surface area contributed by atoms with E-state index >= 15 is 0 Å². The number of carbonyl (C=O) groups is 1. The van der Waals surface area contributed by atoms with E-state index in [1.165, 1.54) is 13.0 Å². The third-order valence-corrected chi connectivity index (χ3v) is 2.91. The second-order valence-corrected chi connectivity index (χ2v) is 4.32. The molecule has 0 N–H and O–H groups in total. The SMILES string of the molecule is CC(=O)Oc1cc2c(=O)cc(C)oc2c(C)c1C. The number of esters is 1. The molecule has 4 heteroatoms. The van der Waals surface area contributed by atoms with Gasteiger partial charge in [-0.1, -0.05) is 0 Å². The number of fused-ring (bicyclic) bond motifs is 1. The molecule has 0 atom stereocenters. The minimum atomic E-state index is -0.409. The second-order valence-electron chi connectivity index (χ2n) is 4.32. The van der Waals surface area contributed by atoms with E-state index in [9.17, 15) is 9.59 Å². The maximum absolute atomic E-state index is 11.9. The van der Waals surface area contributed by atoms with Crippen LogP contribution in [-0.2, 0) is 4.79 Å². The lowest BCUT2D eigenvalue weighted by Crippen LogP contribution is -2.07. The molecule has 4 nitrogen and oxygen atoms in total. The number of aryl methyl sites for hydroxylation is 2. The molecule has 0 radical (unpaired) electrons. The third kappa shape index (κ3) is 2.01. The summed E-state index contributed by atoms with van der Waals surface area (Å²) >= 11 is 0. The Balaban J connectivity index is 2.83. The summed E-state index contributed by atoms with van der Waals surface area (Å²) in [6, 6.07) is 2.99. The molecular formula is C14H14O4. The molecule has 0 amide bonds. The van der Waals surface area contributed by atoms with Crippen molar-refractivity contribution in [2.75, 3.05) is 0 Å². The van der Waals surface area contributed by atoms with Crippen LogP contribution < -0.4 is 10.2 Å². The van der Waals surface area contributed by atoms with Crippen molar-refractivity contribution in [3.8, 4) is 5.75 Å². The lowest BCUT2D eigenvalue weighted by molar-refractivity contribution is -0.131. The number of carbonyl (C=O) groups excluding carboxylic acids is 1. The second kappa shape index (κ2) is 4.29. The van der Waals surface area contributed by atoms with Gasteiger partial charge in [-0.05, 0) is 38.0 Å². The summed E-state index contributed by atoms with van der Waals surface area (Å²) in [5, 5.41) is 0.431. The predicted molar refractivity (Wildman–Crippen MR) is 68.0 cm³/mol. The van der Waals surface area contributed by atoms with E-state index in [1.807, 2.05) is 13.8 Å². The molecule has 0 aliphatic carbocycles. The minimum Gasteiger partial charge on any atom is -0.461 e. The van der Waals surface area contributed by atoms with E-state index in [2.05, 4.69) is 0 Å². The maximum atomic E-state index is 11.9. The summed E-state index contributed by atoms with van der Waals surface area (Å²) in [5.41, 5.74) is 2.02. The highest BCUT2D eigenvalue weighted by atomic mass is 16.5. The van der Waals surface area contributed by atoms with Crippen LogP contribution in [-0.4, -0.2) is 5.97 Å². The molecule has 1 aromatic heterocycles. The summed E-state index contributed by atoms with van der Waals surface area (Å²) < 4.78 is 10.7. The highest BCUT2D eigenvalue weighted by Crippen LogP contribution is 2.29. The molecule has 0 aliphatic heterocycles. The van der Waals surface area contributed by atoms with E-state index < -0.39 is 5.97 Å². The average Bonchev–Trinajstić information content (AvgIpc) is 2.26. The number of hydrogen-bond donors (Lipinski definition) is 0. The van der Waals surface area contributed by atoms with Crippen LogP contribution in [0.5, 0.6) is 5.75 Å². The zero-order valence-electron chi connectivity index (χ0n) is 10.8. The lowest BCUT2D eigenvalue weighted by atomic mass is 10.0. The van der Waals surface area contributed by atoms with Crippen molar-refractivity contribution in [2.24, 2.45) is 0 Å². The summed E-state index contributed by atoms with van der Waals surface area (Å²) in [6.07, 6.45) is 0. The molecular weight excluding hydrogens is 232 g/mol. The molecule has 0 bridgehead atoms. The molecule has 2 aromatic rings. The Bertz CT molecular complexity index is 695. The highest BCUT2D eigenvalue weighted by molar-refractivity contribution is 5.84. The largest absolute Gasteiger partial charge is 0.461 e. The van der Waals surface area contributed by atoms with Crippen LogP contribution in [0.15, 0.2) is 21.3 Å². The van der Waals surface area contributed by atoms with Gasteiger partial charge in [0.1, 0.15) is 17.1 Å². The van der Waals surface area contributed by atoms with Gasteiger partial charge < -0.3 is 9.15 Å². The minimum absolute atomic E-state index is 0.134. The third-order valence-electron chi connectivity index (χ3n) is 2.91. The van der Waals surface area contributed by atoms with Crippen molar-refractivity contribution in [3.63, 3.8) is 0 Å². The maximum Gasteiger partial charge on any atom is 0.308 e. The van der Waals surface area contributed by atoms with E-state index in [-0.39, 0.29) is 5.43 Å². The van der Waals surface area contributed by atoms with Gasteiger partial charge in [-0.15, -0.1) is 0 Å². The first kappa shape index (κ1) is 12.4. The number of benzene rings is 1. The summed E-state index contributed by atoms with van der Waals surface area (Å²) in [5.74, 6) is 0.562. The number of ether oxygens (including phenoxy) is 1. The highest BCUT2D eigenvalue weighted by Gasteiger charge is 2.13. The van der Waals surface area contributed by atoms with Crippen LogP contribution in [0, 0.1) is 20.8 Å². The molecule has 18 heavy (non-hydrogen) atoms. The van der Waals surface area contributed by atoms with Gasteiger partial charge in [0.15, 0.2) is 5.43 Å². The fourth-order valence-electron chi connectivity index (χ4n) is 1.89. The van der Waals surface area contributed by atoms with Gasteiger partial charge >= 0.3 is 5.97 Å². The Hall–Kier alpha value is -2.10. The lowest BCUT2D eigenvalue weighted by Gasteiger charge is -2.10. The van der Waals surface area contributed by atoms with Crippen molar-refractivity contribution in [3.05, 3.63) is 39.2 Å². The molecule has 0 saturated heterocycles. The van der Waals surface area contributed by atoms with Crippen molar-refractivity contribution in [2.45, 2.75) is 27.7 Å². The van der Waals surface area contributed by atoms with Gasteiger partial charge in [0.2, 0.25) is 0 Å². The summed E-state index contributed by atoms with van der Waals surface area (Å²) in [6.45, 7) is 6.73. The van der Waals surface area contributed by atoms with Crippen LogP contribution in [0.1, 0.15) is 23.8 Å². The van der Waals surface area contributed by atoms with Crippen molar-refractivity contribution in [1.29, 1.82) is 0 Å². The topological polar surface area (TPSA) is 56.5 Å². The van der Waals surface area contributed by atoms with Crippen LogP contribution in [0.2, 0.25) is 0 Å². The molecule has 0 aliphatic rings. The quantitative estimate of drug-likeness (QED) is 0.573. The van der Waals surface area contributed by atoms with Crippen molar-refractivity contribution < 1.29 is 13.9 Å². The Morgan fingerprint density at radius 1 is 1.17 bits per heavy atom. The Morgan fingerprint density at radius 3 is 2.44 bits per heavy atom. The Kier molecular flexibility index (Phi) is 2.95. The Morgan fingerprint density at radius 2 is 1.83 bits per heavy atom. The summed E-state index contributed by atoms with van der Waals surface area (Å²) in [7, 11) is 0. The van der Waals surface area contributed by atoms with Gasteiger partial charge in [0.05, 0.1) is 5.39 Å². The zero-order valence-corrected chi connectivity index (χ0v) is 10.8. The van der Waals surface area contributed by atoms with Crippen LogP contribution in [0.4, 0.5) is 0 Å². The molecule has 1 heterocycles. The van der Waals surface area contributed by atoms with Gasteiger partial charge in [-0.2, -0.15) is 0 Å². The standard InChI is InChI=1S/C14H14O4/c1-7-5-12(16)11-6-13(18-10(4)15)8(2)9(3)14(11)17-7/h5-6H,1-4H3. The molecule has 0 saturated carbocycles. The Labute approximate surface area is 104 Å². The monoisotopic (exact) mass is 246 g/mol. The molecule has 2 rings (SSSR count). The van der Waals surface area contributed by atoms with Gasteiger partial charge in [0, 0.05) is 13.0 Å². The van der Waals surface area contributed by atoms with E-state index in [1.54, 1.807) is 13.0 Å². The fourth-order valence-corrected chi connectivity index (χ4v) is 1.89. The first-order valence-electron chi connectivity index (χ1n) is 5.63. The zero-order chi connectivity index (χ0) is 13.4. The van der Waals surface area contributed by atoms with Gasteiger partial charge in [-0.25, -0.2) is 0 Å². The smallest absolute Gasteiger partial charge is 0.308 e. The fraction of sp³-hybridized carbons (Fsp3) is 0.286. The molecule has 0 unspecified atom stereocenters. The normalized spacial score (nSPS) is 10.7. The number of rotatable bonds is 1. The van der Waals surface area contributed by atoms with E-state index in [4.69, 9.17) is 9.15 Å². The van der Waals surface area contributed by atoms with E-state index in [0.717, 1.165) is 11.1 Å². The first-order chi connectivity index (χ1) is 8.40. The van der Waals surface area contributed by atoms with Gasteiger partial charge in [0.25, 0.3) is 0 Å². The van der Waals surface area contributed by atoms with Crippen molar-refractivity contribution in [1.82, 2.24) is 0 Å². The predicted octanol–water partition coefficient (Wildman–Crippen LogP) is 2.64. The van der Waals surface area contributed by atoms with Crippen LogP contribution in [0.25, 0.3) is 11.0 Å². The van der Waals surface area contributed by atoms with Crippen molar-refractivity contribution >= 4 is 16.9 Å². The van der Waals surface area contributed by atoms with Crippen LogP contribution >= 0.6 is 0 Å². The molecule has 1 aromatic carbocycles.